The van der Waals surface area contributed by atoms with E-state index in [2.05, 4.69) is 5.32 Å². The first-order valence-corrected chi connectivity index (χ1v) is 10.6. The fourth-order valence-corrected chi connectivity index (χ4v) is 3.58. The van der Waals surface area contributed by atoms with E-state index < -0.39 is 11.7 Å². The summed E-state index contributed by atoms with van der Waals surface area (Å²) in [4.78, 5) is 16.5. The second kappa shape index (κ2) is 12.0. The van der Waals surface area contributed by atoms with Crippen LogP contribution >= 0.6 is 12.4 Å². The van der Waals surface area contributed by atoms with Crippen molar-refractivity contribution in [3.05, 3.63) is 48.0 Å². The number of hydrogen-bond acceptors (Lipinski definition) is 5. The number of nitrogens with zero attached hydrogens (tertiary/aromatic N) is 2. The minimum absolute atomic E-state index is 0. The van der Waals surface area contributed by atoms with Gasteiger partial charge >= 0.3 is 6.18 Å². The van der Waals surface area contributed by atoms with Crippen LogP contribution in [0.4, 0.5) is 24.5 Å². The Morgan fingerprint density at radius 3 is 2.33 bits per heavy atom. The Kier molecular flexibility index (Phi) is 9.67. The van der Waals surface area contributed by atoms with Crippen molar-refractivity contribution < 1.29 is 27.4 Å². The molecule has 1 aliphatic heterocycles. The molecule has 1 N–H and O–H groups in total. The van der Waals surface area contributed by atoms with E-state index in [9.17, 15) is 18.0 Å². The summed E-state index contributed by atoms with van der Waals surface area (Å²) in [6.45, 7) is 7.13. The Morgan fingerprint density at radius 1 is 1.00 bits per heavy atom. The second-order valence-electron chi connectivity index (χ2n) is 7.38. The molecule has 0 aliphatic carbocycles. The third kappa shape index (κ3) is 7.43. The van der Waals surface area contributed by atoms with Crippen molar-refractivity contribution in [3.8, 4) is 11.5 Å². The Morgan fingerprint density at radius 2 is 1.70 bits per heavy atom. The van der Waals surface area contributed by atoms with Gasteiger partial charge in [0.25, 0.3) is 0 Å². The number of alkyl halides is 3. The average Bonchev–Trinajstić information content (AvgIpc) is 2.76. The quantitative estimate of drug-likeness (QED) is 0.585. The van der Waals surface area contributed by atoms with Crippen molar-refractivity contribution in [1.82, 2.24) is 4.90 Å². The van der Waals surface area contributed by atoms with Crippen LogP contribution in [0.3, 0.4) is 0 Å². The number of benzene rings is 2. The lowest BCUT2D eigenvalue weighted by molar-refractivity contribution is -0.137. The highest BCUT2D eigenvalue weighted by molar-refractivity contribution is 5.94. The van der Waals surface area contributed by atoms with E-state index in [1.54, 1.807) is 24.3 Å². The predicted molar refractivity (Wildman–Crippen MR) is 125 cm³/mol. The number of carbonyl (C=O) groups is 1. The summed E-state index contributed by atoms with van der Waals surface area (Å²) in [6, 6.07) is 10.6. The second-order valence-corrected chi connectivity index (χ2v) is 7.38. The summed E-state index contributed by atoms with van der Waals surface area (Å²) in [6.07, 6.45) is -4.37. The van der Waals surface area contributed by atoms with E-state index in [-0.39, 0.29) is 24.9 Å². The number of nitrogens with one attached hydrogen (secondary N) is 1. The maximum Gasteiger partial charge on any atom is 0.416 e. The van der Waals surface area contributed by atoms with Gasteiger partial charge in [-0.2, -0.15) is 13.2 Å². The van der Waals surface area contributed by atoms with E-state index in [1.807, 2.05) is 23.6 Å². The standard InChI is InChI=1S/C23H28F3N3O3.ClH/c1-3-31-19-8-9-21(32-4-2)20(15-19)27-22(30)16-28-10-12-29(13-11-28)18-7-5-6-17(14-18)23(24,25)26;/h5-9,14-15H,3-4,10-13,16H2,1-2H3,(H,27,30);1H. The summed E-state index contributed by atoms with van der Waals surface area (Å²) in [7, 11) is 0. The monoisotopic (exact) mass is 487 g/mol. The highest BCUT2D eigenvalue weighted by Crippen LogP contribution is 2.32. The molecular formula is C23H29ClF3N3O3. The number of anilines is 2. The van der Waals surface area contributed by atoms with Crippen molar-refractivity contribution >= 4 is 29.7 Å². The number of piperazine rings is 1. The van der Waals surface area contributed by atoms with Crippen LogP contribution in [0.2, 0.25) is 0 Å². The molecule has 0 atom stereocenters. The van der Waals surface area contributed by atoms with Crippen LogP contribution < -0.4 is 19.7 Å². The number of ether oxygens (including phenoxy) is 2. The highest BCUT2D eigenvalue weighted by atomic mass is 35.5. The average molecular weight is 488 g/mol. The number of carbonyl (C=O) groups excluding carboxylic acids is 1. The van der Waals surface area contributed by atoms with Crippen LogP contribution in [-0.2, 0) is 11.0 Å². The van der Waals surface area contributed by atoms with E-state index in [1.165, 1.54) is 12.1 Å². The lowest BCUT2D eigenvalue weighted by atomic mass is 10.1. The summed E-state index contributed by atoms with van der Waals surface area (Å²) >= 11 is 0. The molecule has 1 saturated heterocycles. The number of hydrogen-bond donors (Lipinski definition) is 1. The molecule has 0 saturated carbocycles. The molecule has 182 valence electrons. The van der Waals surface area contributed by atoms with Gasteiger partial charge in [-0.05, 0) is 44.2 Å². The van der Waals surface area contributed by atoms with Gasteiger partial charge in [-0.25, -0.2) is 0 Å². The Hall–Kier alpha value is -2.65. The SMILES string of the molecule is CCOc1ccc(OCC)c(NC(=O)CN2CCN(c3cccc(C(F)(F)F)c3)CC2)c1.Cl. The Labute approximate surface area is 198 Å². The van der Waals surface area contributed by atoms with Gasteiger partial charge in [0.05, 0.1) is 31.0 Å². The lowest BCUT2D eigenvalue weighted by Crippen LogP contribution is -2.48. The summed E-state index contributed by atoms with van der Waals surface area (Å²) < 4.78 is 50.0. The van der Waals surface area contributed by atoms with Crippen molar-refractivity contribution in [3.63, 3.8) is 0 Å². The third-order valence-electron chi connectivity index (χ3n) is 5.11. The zero-order valence-corrected chi connectivity index (χ0v) is 19.5. The van der Waals surface area contributed by atoms with Crippen molar-refractivity contribution in [1.29, 1.82) is 0 Å². The van der Waals surface area contributed by atoms with Gasteiger partial charge in [-0.3, -0.25) is 9.69 Å². The summed E-state index contributed by atoms with van der Waals surface area (Å²) in [5.74, 6) is 1.02. The van der Waals surface area contributed by atoms with Crippen molar-refractivity contribution in [2.24, 2.45) is 0 Å². The smallest absolute Gasteiger partial charge is 0.416 e. The van der Waals surface area contributed by atoms with Crippen LogP contribution in [0.5, 0.6) is 11.5 Å². The molecule has 1 fully saturated rings. The topological polar surface area (TPSA) is 54.0 Å². The minimum atomic E-state index is -4.37. The van der Waals surface area contributed by atoms with Gasteiger partial charge in [0.2, 0.25) is 5.91 Å². The Bertz CT molecular complexity index is 919. The van der Waals surface area contributed by atoms with Gasteiger partial charge in [0.15, 0.2) is 0 Å². The summed E-state index contributed by atoms with van der Waals surface area (Å²) in [5.41, 5.74) is 0.430. The van der Waals surface area contributed by atoms with E-state index >= 15 is 0 Å². The molecule has 1 heterocycles. The van der Waals surface area contributed by atoms with Crippen molar-refractivity contribution in [2.45, 2.75) is 20.0 Å². The Balaban J connectivity index is 0.00000385. The zero-order chi connectivity index (χ0) is 23.1. The number of rotatable bonds is 8. The molecule has 2 aromatic rings. The van der Waals surface area contributed by atoms with Crippen LogP contribution in [-0.4, -0.2) is 56.7 Å². The molecule has 0 unspecified atom stereocenters. The van der Waals surface area contributed by atoms with E-state index in [4.69, 9.17) is 9.47 Å². The highest BCUT2D eigenvalue weighted by Gasteiger charge is 2.31. The molecule has 33 heavy (non-hydrogen) atoms. The molecule has 1 aliphatic rings. The normalized spacial score (nSPS) is 14.4. The minimum Gasteiger partial charge on any atom is -0.494 e. The van der Waals surface area contributed by atoms with E-state index in [0.717, 1.165) is 6.07 Å². The molecule has 0 aromatic heterocycles. The van der Waals surface area contributed by atoms with Crippen LogP contribution in [0, 0.1) is 0 Å². The van der Waals surface area contributed by atoms with Crippen molar-refractivity contribution in [2.75, 3.05) is 56.2 Å². The number of amides is 1. The fourth-order valence-electron chi connectivity index (χ4n) is 3.58. The molecule has 0 bridgehead atoms. The van der Waals surface area contributed by atoms with Crippen LogP contribution in [0.25, 0.3) is 0 Å². The van der Waals surface area contributed by atoms with E-state index in [0.29, 0.717) is 62.3 Å². The largest absolute Gasteiger partial charge is 0.494 e. The first-order chi connectivity index (χ1) is 15.3. The van der Waals surface area contributed by atoms with Crippen LogP contribution in [0.1, 0.15) is 19.4 Å². The first kappa shape index (κ1) is 26.6. The van der Waals surface area contributed by atoms with Gasteiger partial charge in [0, 0.05) is 37.9 Å². The molecule has 1 amide bonds. The number of halogens is 4. The third-order valence-corrected chi connectivity index (χ3v) is 5.11. The molecule has 0 radical (unpaired) electrons. The van der Waals surface area contributed by atoms with Gasteiger partial charge in [-0.15, -0.1) is 12.4 Å². The molecule has 10 heteroatoms. The molecule has 2 aromatic carbocycles. The van der Waals surface area contributed by atoms with Crippen LogP contribution in [0.15, 0.2) is 42.5 Å². The zero-order valence-electron chi connectivity index (χ0n) is 18.7. The van der Waals surface area contributed by atoms with Gasteiger partial charge in [-0.1, -0.05) is 6.07 Å². The fraction of sp³-hybridized carbons (Fsp3) is 0.435. The molecule has 0 spiro atoms. The predicted octanol–water partition coefficient (Wildman–Crippen LogP) is 4.69. The maximum absolute atomic E-state index is 13.0. The lowest BCUT2D eigenvalue weighted by Gasteiger charge is -2.36. The molecule has 3 rings (SSSR count). The summed E-state index contributed by atoms with van der Waals surface area (Å²) in [5, 5.41) is 2.88. The maximum atomic E-state index is 13.0. The first-order valence-electron chi connectivity index (χ1n) is 10.6. The van der Waals surface area contributed by atoms with Gasteiger partial charge < -0.3 is 19.7 Å². The van der Waals surface area contributed by atoms with Gasteiger partial charge in [0.1, 0.15) is 11.5 Å². The molecule has 6 nitrogen and oxygen atoms in total. The molecular weight excluding hydrogens is 459 g/mol.